The number of benzene rings is 2. The maximum Gasteiger partial charge on any atom is 0.407 e. The highest BCUT2D eigenvalue weighted by Crippen LogP contribution is 2.44. The summed E-state index contributed by atoms with van der Waals surface area (Å²) in [5, 5.41) is 12.0. The van der Waals surface area contributed by atoms with Crippen molar-refractivity contribution in [3.8, 4) is 11.1 Å². The number of aromatic nitrogens is 1. The molecule has 1 aromatic heterocycles. The van der Waals surface area contributed by atoms with Crippen LogP contribution in [0.15, 0.2) is 66.9 Å². The van der Waals surface area contributed by atoms with Crippen molar-refractivity contribution in [2.75, 3.05) is 13.2 Å². The highest BCUT2D eigenvalue weighted by atomic mass is 16.5. The number of nitrogens with zero attached hydrogens (tertiary/aromatic N) is 2. The second kappa shape index (κ2) is 9.58. The van der Waals surface area contributed by atoms with Crippen LogP contribution in [0.1, 0.15) is 45.9 Å². The third-order valence-electron chi connectivity index (χ3n) is 6.62. The van der Waals surface area contributed by atoms with Crippen molar-refractivity contribution < 1.29 is 24.2 Å². The lowest BCUT2D eigenvalue weighted by atomic mass is 9.98. The predicted molar refractivity (Wildman–Crippen MR) is 128 cm³/mol. The second-order valence-electron chi connectivity index (χ2n) is 8.71. The predicted octanol–water partition coefficient (Wildman–Crippen LogP) is 3.81. The zero-order valence-corrected chi connectivity index (χ0v) is 19.0. The number of hydrogen-bond acceptors (Lipinski definition) is 5. The monoisotopic (exact) mass is 471 g/mol. The SMILES string of the molecule is O=C(NCc1cc(C(=O)N2CCCC2C(=O)O)ccn1)OCC1c2ccccc2-c2ccccc21. The number of carboxylic acid groups (broad SMARTS) is 1. The molecule has 178 valence electrons. The van der Waals surface area contributed by atoms with Crippen molar-refractivity contribution in [3.05, 3.63) is 89.2 Å². The molecule has 5 rings (SSSR count). The van der Waals surface area contributed by atoms with Crippen LogP contribution in [0.2, 0.25) is 0 Å². The van der Waals surface area contributed by atoms with Crippen LogP contribution in [0.5, 0.6) is 0 Å². The van der Waals surface area contributed by atoms with E-state index in [0.717, 1.165) is 22.3 Å². The van der Waals surface area contributed by atoms with Crippen molar-refractivity contribution >= 4 is 18.0 Å². The van der Waals surface area contributed by atoms with E-state index in [1.165, 1.54) is 11.1 Å². The summed E-state index contributed by atoms with van der Waals surface area (Å²) >= 11 is 0. The Morgan fingerprint density at radius 3 is 2.40 bits per heavy atom. The molecular weight excluding hydrogens is 446 g/mol. The number of alkyl carbamates (subject to hydrolysis) is 1. The number of carboxylic acids is 1. The average molecular weight is 472 g/mol. The molecule has 2 N–H and O–H groups in total. The van der Waals surface area contributed by atoms with Crippen LogP contribution >= 0.6 is 0 Å². The lowest BCUT2D eigenvalue weighted by molar-refractivity contribution is -0.141. The van der Waals surface area contributed by atoms with Gasteiger partial charge in [-0.15, -0.1) is 0 Å². The molecule has 0 bridgehead atoms. The minimum absolute atomic E-state index is 0.0325. The van der Waals surface area contributed by atoms with Crippen LogP contribution < -0.4 is 5.32 Å². The maximum absolute atomic E-state index is 12.8. The number of fused-ring (bicyclic) bond motifs is 3. The molecule has 1 saturated heterocycles. The minimum atomic E-state index is -0.998. The molecule has 1 fully saturated rings. The topological polar surface area (TPSA) is 109 Å². The number of pyridine rings is 1. The van der Waals surface area contributed by atoms with Gasteiger partial charge in [0.2, 0.25) is 0 Å². The first kappa shape index (κ1) is 22.6. The summed E-state index contributed by atoms with van der Waals surface area (Å²) in [7, 11) is 0. The lowest BCUT2D eigenvalue weighted by Crippen LogP contribution is -2.40. The molecule has 1 atom stereocenters. The highest BCUT2D eigenvalue weighted by molar-refractivity contribution is 5.97. The first-order valence-electron chi connectivity index (χ1n) is 11.6. The Hall–Kier alpha value is -4.20. The van der Waals surface area contributed by atoms with Crippen LogP contribution in [0.25, 0.3) is 11.1 Å². The van der Waals surface area contributed by atoms with E-state index in [0.29, 0.717) is 30.6 Å². The highest BCUT2D eigenvalue weighted by Gasteiger charge is 2.34. The average Bonchev–Trinajstić information content (AvgIpc) is 3.50. The zero-order valence-electron chi connectivity index (χ0n) is 19.0. The zero-order chi connectivity index (χ0) is 24.4. The van der Waals surface area contributed by atoms with E-state index in [4.69, 9.17) is 4.74 Å². The summed E-state index contributed by atoms with van der Waals surface area (Å²) in [6.07, 6.45) is 2.01. The molecule has 2 heterocycles. The van der Waals surface area contributed by atoms with Gasteiger partial charge >= 0.3 is 12.1 Å². The number of amides is 2. The van der Waals surface area contributed by atoms with Gasteiger partial charge in [-0.05, 0) is 47.2 Å². The third-order valence-corrected chi connectivity index (χ3v) is 6.62. The van der Waals surface area contributed by atoms with Gasteiger partial charge in [-0.25, -0.2) is 9.59 Å². The molecule has 3 aromatic rings. The van der Waals surface area contributed by atoms with Gasteiger partial charge in [0.15, 0.2) is 0 Å². The molecule has 8 nitrogen and oxygen atoms in total. The smallest absolute Gasteiger partial charge is 0.407 e. The van der Waals surface area contributed by atoms with Crippen LogP contribution in [0, 0.1) is 0 Å². The van der Waals surface area contributed by atoms with E-state index in [9.17, 15) is 19.5 Å². The number of nitrogens with one attached hydrogen (secondary N) is 1. The van der Waals surface area contributed by atoms with Crippen molar-refractivity contribution in [3.63, 3.8) is 0 Å². The molecule has 1 aliphatic carbocycles. The molecular formula is C27H25N3O5. The Bertz CT molecular complexity index is 1250. The molecule has 0 saturated carbocycles. The van der Waals surface area contributed by atoms with Crippen molar-refractivity contribution in [2.45, 2.75) is 31.3 Å². The standard InChI is InChI=1S/C27H25N3O5/c31-25(30-13-5-10-24(30)26(32)33)17-11-12-28-18(14-17)15-29-27(34)35-16-23-21-8-3-1-6-19(21)20-7-2-4-9-22(20)23/h1-4,6-9,11-12,14,23-24H,5,10,13,15-16H2,(H,29,34)(H,32,33). The van der Waals surface area contributed by atoms with Gasteiger partial charge in [0, 0.05) is 24.2 Å². The molecule has 0 radical (unpaired) electrons. The summed E-state index contributed by atoms with van der Waals surface area (Å²) in [4.78, 5) is 42.3. The molecule has 1 aliphatic heterocycles. The minimum Gasteiger partial charge on any atom is -0.480 e. The summed E-state index contributed by atoms with van der Waals surface area (Å²) in [5.41, 5.74) is 5.41. The van der Waals surface area contributed by atoms with E-state index in [2.05, 4.69) is 34.6 Å². The number of hydrogen-bond donors (Lipinski definition) is 2. The lowest BCUT2D eigenvalue weighted by Gasteiger charge is -2.21. The van der Waals surface area contributed by atoms with Gasteiger partial charge in [-0.1, -0.05) is 48.5 Å². The Kier molecular flexibility index (Phi) is 6.18. The molecule has 1 unspecified atom stereocenters. The Balaban J connectivity index is 1.20. The number of carbonyl (C=O) groups is 3. The molecule has 2 aliphatic rings. The van der Waals surface area contributed by atoms with E-state index < -0.39 is 18.1 Å². The van der Waals surface area contributed by atoms with Gasteiger partial charge in [0.05, 0.1) is 12.2 Å². The summed E-state index contributed by atoms with van der Waals surface area (Å²) < 4.78 is 5.54. The fourth-order valence-electron chi connectivity index (χ4n) is 4.95. The van der Waals surface area contributed by atoms with Crippen LogP contribution in [0.3, 0.4) is 0 Å². The largest absolute Gasteiger partial charge is 0.480 e. The molecule has 0 spiro atoms. The maximum atomic E-state index is 12.8. The molecule has 35 heavy (non-hydrogen) atoms. The fraction of sp³-hybridized carbons (Fsp3) is 0.259. The van der Waals surface area contributed by atoms with E-state index in [1.807, 2.05) is 24.3 Å². The molecule has 2 amide bonds. The summed E-state index contributed by atoms with van der Waals surface area (Å²) in [6.45, 7) is 0.697. The van der Waals surface area contributed by atoms with Gasteiger partial charge in [0.1, 0.15) is 12.6 Å². The Morgan fingerprint density at radius 1 is 1.03 bits per heavy atom. The number of carbonyl (C=O) groups excluding carboxylic acids is 2. The van der Waals surface area contributed by atoms with E-state index in [-0.39, 0.29) is 25.0 Å². The van der Waals surface area contributed by atoms with Crippen molar-refractivity contribution in [2.24, 2.45) is 0 Å². The van der Waals surface area contributed by atoms with Crippen molar-refractivity contribution in [1.82, 2.24) is 15.2 Å². The third kappa shape index (κ3) is 4.47. The van der Waals surface area contributed by atoms with E-state index in [1.54, 1.807) is 12.1 Å². The molecule has 8 heteroatoms. The van der Waals surface area contributed by atoms with Crippen LogP contribution in [-0.2, 0) is 16.1 Å². The van der Waals surface area contributed by atoms with Gasteiger partial charge < -0.3 is 20.1 Å². The number of likely N-dealkylation sites (tertiary alicyclic amines) is 1. The van der Waals surface area contributed by atoms with E-state index >= 15 is 0 Å². The Labute approximate surface area is 202 Å². The quantitative estimate of drug-likeness (QED) is 0.566. The normalized spacial score (nSPS) is 16.5. The fourth-order valence-corrected chi connectivity index (χ4v) is 4.95. The number of aliphatic carboxylic acids is 1. The molecule has 2 aromatic carbocycles. The number of ether oxygens (including phenoxy) is 1. The van der Waals surface area contributed by atoms with Gasteiger partial charge in [-0.3, -0.25) is 9.78 Å². The van der Waals surface area contributed by atoms with Gasteiger partial charge in [0.25, 0.3) is 5.91 Å². The van der Waals surface area contributed by atoms with Crippen LogP contribution in [-0.4, -0.2) is 52.2 Å². The summed E-state index contributed by atoms with van der Waals surface area (Å²) in [6, 6.07) is 18.6. The Morgan fingerprint density at radius 2 is 1.71 bits per heavy atom. The summed E-state index contributed by atoms with van der Waals surface area (Å²) in [5.74, 6) is -1.38. The first-order chi connectivity index (χ1) is 17.0. The number of rotatable bonds is 6. The van der Waals surface area contributed by atoms with Crippen molar-refractivity contribution in [1.29, 1.82) is 0 Å². The van der Waals surface area contributed by atoms with Crippen LogP contribution in [0.4, 0.5) is 4.79 Å². The van der Waals surface area contributed by atoms with Gasteiger partial charge in [-0.2, -0.15) is 0 Å². The second-order valence-corrected chi connectivity index (χ2v) is 8.71. The first-order valence-corrected chi connectivity index (χ1v) is 11.6.